The van der Waals surface area contributed by atoms with Crippen LogP contribution < -0.4 is 9.80 Å². The van der Waals surface area contributed by atoms with Crippen LogP contribution in [0.15, 0.2) is 30.6 Å². The van der Waals surface area contributed by atoms with Gasteiger partial charge in [-0.1, -0.05) is 6.07 Å². The van der Waals surface area contributed by atoms with Gasteiger partial charge in [0.25, 0.3) is 0 Å². The van der Waals surface area contributed by atoms with Crippen molar-refractivity contribution in [3.8, 4) is 0 Å². The summed E-state index contributed by atoms with van der Waals surface area (Å²) in [4.78, 5) is 21.8. The van der Waals surface area contributed by atoms with Gasteiger partial charge in [-0.05, 0) is 26.0 Å². The molecule has 6 nitrogen and oxygen atoms in total. The quantitative estimate of drug-likeness (QED) is 0.716. The standard InChI is InChI=1S/C18H19FN6/c1-12-10-16(23-13(2)22-12)24-6-8-25(9-7-24)18-14-4-3-5-15(19)17(14)20-11-21-18/h3-5,10-11H,6-9H2,1-2H3. The number of hydrogen-bond donors (Lipinski definition) is 0. The fourth-order valence-corrected chi connectivity index (χ4v) is 3.30. The summed E-state index contributed by atoms with van der Waals surface area (Å²) in [6.45, 7) is 7.15. The molecule has 128 valence electrons. The van der Waals surface area contributed by atoms with Crippen molar-refractivity contribution >= 4 is 22.5 Å². The molecule has 3 heterocycles. The highest BCUT2D eigenvalue weighted by Crippen LogP contribution is 2.26. The SMILES string of the molecule is Cc1cc(N2CCN(c3ncnc4c(F)cccc34)CC2)nc(C)n1. The third-order valence-corrected chi connectivity index (χ3v) is 4.45. The normalized spacial score (nSPS) is 15.0. The highest BCUT2D eigenvalue weighted by Gasteiger charge is 2.21. The average Bonchev–Trinajstić information content (AvgIpc) is 2.61. The number of rotatable bonds is 2. The van der Waals surface area contributed by atoms with E-state index in [1.54, 1.807) is 6.07 Å². The van der Waals surface area contributed by atoms with Crippen molar-refractivity contribution in [1.82, 2.24) is 19.9 Å². The molecule has 25 heavy (non-hydrogen) atoms. The Balaban J connectivity index is 1.57. The van der Waals surface area contributed by atoms with E-state index < -0.39 is 0 Å². The lowest BCUT2D eigenvalue weighted by Gasteiger charge is -2.36. The zero-order valence-electron chi connectivity index (χ0n) is 14.3. The highest BCUT2D eigenvalue weighted by atomic mass is 19.1. The number of anilines is 2. The Morgan fingerprint density at radius 1 is 0.960 bits per heavy atom. The van der Waals surface area contributed by atoms with E-state index >= 15 is 0 Å². The molecule has 0 amide bonds. The van der Waals surface area contributed by atoms with Crippen LogP contribution in [0.4, 0.5) is 16.0 Å². The Morgan fingerprint density at radius 3 is 2.48 bits per heavy atom. The Labute approximate surface area is 145 Å². The van der Waals surface area contributed by atoms with Gasteiger partial charge in [0.1, 0.15) is 35.1 Å². The molecular weight excluding hydrogens is 319 g/mol. The van der Waals surface area contributed by atoms with E-state index in [2.05, 4.69) is 29.7 Å². The van der Waals surface area contributed by atoms with Gasteiger partial charge >= 0.3 is 0 Å². The fourth-order valence-electron chi connectivity index (χ4n) is 3.30. The first kappa shape index (κ1) is 15.7. The van der Waals surface area contributed by atoms with E-state index in [1.807, 2.05) is 26.0 Å². The van der Waals surface area contributed by atoms with Gasteiger partial charge in [-0.15, -0.1) is 0 Å². The number of para-hydroxylation sites is 1. The van der Waals surface area contributed by atoms with Crippen LogP contribution in [0.5, 0.6) is 0 Å². The van der Waals surface area contributed by atoms with Crippen LogP contribution in [0.1, 0.15) is 11.5 Å². The highest BCUT2D eigenvalue weighted by molar-refractivity contribution is 5.89. The van der Waals surface area contributed by atoms with Crippen LogP contribution >= 0.6 is 0 Å². The van der Waals surface area contributed by atoms with Crippen LogP contribution in [0.3, 0.4) is 0 Å². The molecule has 7 heteroatoms. The lowest BCUT2D eigenvalue weighted by atomic mass is 10.2. The smallest absolute Gasteiger partial charge is 0.149 e. The largest absolute Gasteiger partial charge is 0.353 e. The second-order valence-electron chi connectivity index (χ2n) is 6.22. The molecule has 1 aliphatic heterocycles. The first-order chi connectivity index (χ1) is 12.1. The Kier molecular flexibility index (Phi) is 3.91. The number of piperazine rings is 1. The predicted octanol–water partition coefficient (Wildman–Crippen LogP) is 2.50. The van der Waals surface area contributed by atoms with E-state index in [9.17, 15) is 4.39 Å². The van der Waals surface area contributed by atoms with Gasteiger partial charge in [-0.2, -0.15) is 0 Å². The molecule has 2 aromatic heterocycles. The van der Waals surface area contributed by atoms with Crippen molar-refractivity contribution in [2.45, 2.75) is 13.8 Å². The summed E-state index contributed by atoms with van der Waals surface area (Å²) in [5, 5.41) is 0.754. The van der Waals surface area contributed by atoms with E-state index in [1.165, 1.54) is 12.4 Å². The van der Waals surface area contributed by atoms with E-state index in [-0.39, 0.29) is 5.82 Å². The average molecular weight is 338 g/mol. The van der Waals surface area contributed by atoms with Crippen LogP contribution in [-0.2, 0) is 0 Å². The minimum Gasteiger partial charge on any atom is -0.353 e. The summed E-state index contributed by atoms with van der Waals surface area (Å²) in [5.74, 6) is 2.23. The van der Waals surface area contributed by atoms with Gasteiger partial charge < -0.3 is 9.80 Å². The van der Waals surface area contributed by atoms with Crippen LogP contribution in [-0.4, -0.2) is 46.1 Å². The molecule has 0 N–H and O–H groups in total. The summed E-state index contributed by atoms with van der Waals surface area (Å²) in [5.41, 5.74) is 1.35. The number of benzene rings is 1. The monoisotopic (exact) mass is 338 g/mol. The van der Waals surface area contributed by atoms with E-state index in [4.69, 9.17) is 0 Å². The molecule has 0 spiro atoms. The molecule has 0 bridgehead atoms. The van der Waals surface area contributed by atoms with Crippen LogP contribution in [0.25, 0.3) is 10.9 Å². The summed E-state index contributed by atoms with van der Waals surface area (Å²) in [6.07, 6.45) is 1.43. The minimum absolute atomic E-state index is 0.313. The van der Waals surface area contributed by atoms with Crippen molar-refractivity contribution < 1.29 is 4.39 Å². The lowest BCUT2D eigenvalue weighted by Crippen LogP contribution is -2.47. The van der Waals surface area contributed by atoms with Crippen molar-refractivity contribution in [3.05, 3.63) is 47.9 Å². The summed E-state index contributed by atoms with van der Waals surface area (Å²) in [7, 11) is 0. The van der Waals surface area contributed by atoms with Gasteiger partial charge in [0.15, 0.2) is 0 Å². The number of nitrogens with zero attached hydrogens (tertiary/aromatic N) is 6. The van der Waals surface area contributed by atoms with Gasteiger partial charge in [-0.25, -0.2) is 24.3 Å². The van der Waals surface area contributed by atoms with Gasteiger partial charge in [0, 0.05) is 43.3 Å². The second-order valence-corrected chi connectivity index (χ2v) is 6.22. The summed E-state index contributed by atoms with van der Waals surface area (Å²) in [6, 6.07) is 7.01. The van der Waals surface area contributed by atoms with Gasteiger partial charge in [0.2, 0.25) is 0 Å². The van der Waals surface area contributed by atoms with Crippen molar-refractivity contribution in [3.63, 3.8) is 0 Å². The molecule has 0 unspecified atom stereocenters. The maximum absolute atomic E-state index is 14.0. The third kappa shape index (κ3) is 2.97. The minimum atomic E-state index is -0.313. The molecule has 4 rings (SSSR count). The molecule has 1 fully saturated rings. The first-order valence-corrected chi connectivity index (χ1v) is 8.33. The second kappa shape index (κ2) is 6.23. The maximum atomic E-state index is 14.0. The lowest BCUT2D eigenvalue weighted by molar-refractivity contribution is 0.633. The van der Waals surface area contributed by atoms with Crippen LogP contribution in [0.2, 0.25) is 0 Å². The molecule has 1 aliphatic rings. The topological polar surface area (TPSA) is 58.0 Å². The molecule has 0 aliphatic carbocycles. The molecule has 0 saturated carbocycles. The number of aryl methyl sites for hydroxylation is 2. The predicted molar refractivity (Wildman–Crippen MR) is 95.4 cm³/mol. The Bertz CT molecular complexity index is 900. The van der Waals surface area contributed by atoms with E-state index in [0.717, 1.165) is 54.7 Å². The van der Waals surface area contributed by atoms with E-state index in [0.29, 0.717) is 5.52 Å². The zero-order valence-corrected chi connectivity index (χ0v) is 14.3. The number of hydrogen-bond acceptors (Lipinski definition) is 6. The molecule has 1 saturated heterocycles. The van der Waals surface area contributed by atoms with Crippen molar-refractivity contribution in [2.24, 2.45) is 0 Å². The fraction of sp³-hybridized carbons (Fsp3) is 0.333. The van der Waals surface area contributed by atoms with Crippen molar-refractivity contribution in [2.75, 3.05) is 36.0 Å². The molecule has 1 aromatic carbocycles. The molecule has 0 radical (unpaired) electrons. The molecular formula is C18H19FN6. The first-order valence-electron chi connectivity index (χ1n) is 8.33. The van der Waals surface area contributed by atoms with Crippen LogP contribution in [0, 0.1) is 19.7 Å². The zero-order chi connectivity index (χ0) is 17.4. The molecule has 3 aromatic rings. The number of fused-ring (bicyclic) bond motifs is 1. The maximum Gasteiger partial charge on any atom is 0.149 e. The Hall–Kier alpha value is -2.83. The molecule has 0 atom stereocenters. The van der Waals surface area contributed by atoms with Gasteiger partial charge in [-0.3, -0.25) is 0 Å². The van der Waals surface area contributed by atoms with Crippen molar-refractivity contribution in [1.29, 1.82) is 0 Å². The number of halogens is 1. The summed E-state index contributed by atoms with van der Waals surface area (Å²) >= 11 is 0. The summed E-state index contributed by atoms with van der Waals surface area (Å²) < 4.78 is 14.0. The number of aromatic nitrogens is 4. The Morgan fingerprint density at radius 2 is 1.72 bits per heavy atom. The third-order valence-electron chi connectivity index (χ3n) is 4.45. The van der Waals surface area contributed by atoms with Gasteiger partial charge in [0.05, 0.1) is 0 Å².